The maximum absolute atomic E-state index is 12.7. The number of methoxy groups -OCH3 is 2. The van der Waals surface area contributed by atoms with Gasteiger partial charge in [-0.3, -0.25) is 4.79 Å². The number of nitriles is 1. The summed E-state index contributed by atoms with van der Waals surface area (Å²) in [5.41, 5.74) is 0.439. The summed E-state index contributed by atoms with van der Waals surface area (Å²) < 4.78 is 10.5. The lowest BCUT2D eigenvalue weighted by molar-refractivity contribution is 0.0666. The third-order valence-electron chi connectivity index (χ3n) is 3.55. The van der Waals surface area contributed by atoms with Crippen LogP contribution in [-0.2, 0) is 0 Å². The number of piperidine rings is 1. The van der Waals surface area contributed by atoms with E-state index in [-0.39, 0.29) is 11.9 Å². The molecule has 0 radical (unpaired) electrons. The van der Waals surface area contributed by atoms with Crippen LogP contribution in [0, 0.1) is 11.3 Å². The number of benzene rings is 1. The van der Waals surface area contributed by atoms with Crippen LogP contribution >= 0.6 is 0 Å². The minimum Gasteiger partial charge on any atom is -0.493 e. The van der Waals surface area contributed by atoms with Crippen molar-refractivity contribution in [2.24, 2.45) is 0 Å². The number of nitrogens with zero attached hydrogens (tertiary/aromatic N) is 2. The standard InChI is InChI=1S/C15H18N2O3/c1-19-13-8-5-7-12(14(13)20-2)15(18)17-9-4-3-6-11(17)10-16/h5,7-8,11H,3-4,6,9H2,1-2H3. The summed E-state index contributed by atoms with van der Waals surface area (Å²) in [5, 5.41) is 9.18. The molecule has 0 aromatic heterocycles. The SMILES string of the molecule is COc1cccc(C(=O)N2CCCCC2C#N)c1OC. The van der Waals surface area contributed by atoms with Gasteiger partial charge in [-0.25, -0.2) is 0 Å². The molecule has 5 nitrogen and oxygen atoms in total. The zero-order valence-corrected chi connectivity index (χ0v) is 11.8. The highest BCUT2D eigenvalue weighted by Crippen LogP contribution is 2.32. The first-order chi connectivity index (χ1) is 9.72. The van der Waals surface area contributed by atoms with Crippen molar-refractivity contribution in [3.05, 3.63) is 23.8 Å². The first kappa shape index (κ1) is 14.2. The topological polar surface area (TPSA) is 62.6 Å². The van der Waals surface area contributed by atoms with Crippen LogP contribution in [0.15, 0.2) is 18.2 Å². The fraction of sp³-hybridized carbons (Fsp3) is 0.467. The Morgan fingerprint density at radius 1 is 1.35 bits per heavy atom. The van der Waals surface area contributed by atoms with E-state index in [1.54, 1.807) is 23.1 Å². The van der Waals surface area contributed by atoms with E-state index in [2.05, 4.69) is 6.07 Å². The molecule has 1 fully saturated rings. The van der Waals surface area contributed by atoms with Crippen molar-refractivity contribution in [1.29, 1.82) is 5.26 Å². The van der Waals surface area contributed by atoms with Crippen molar-refractivity contribution in [2.45, 2.75) is 25.3 Å². The summed E-state index contributed by atoms with van der Waals surface area (Å²) in [6.07, 6.45) is 2.64. The normalized spacial score (nSPS) is 18.2. The second kappa shape index (κ2) is 6.29. The van der Waals surface area contributed by atoms with Crippen LogP contribution in [0.4, 0.5) is 0 Å². The molecule has 1 aliphatic rings. The highest BCUT2D eigenvalue weighted by Gasteiger charge is 2.29. The molecule has 0 spiro atoms. The van der Waals surface area contributed by atoms with E-state index >= 15 is 0 Å². The van der Waals surface area contributed by atoms with Crippen LogP contribution in [0.1, 0.15) is 29.6 Å². The number of amides is 1. The molecule has 1 aromatic rings. The molecule has 0 N–H and O–H groups in total. The molecule has 1 aromatic carbocycles. The fourth-order valence-electron chi connectivity index (χ4n) is 2.52. The number of rotatable bonds is 3. The van der Waals surface area contributed by atoms with Crippen molar-refractivity contribution < 1.29 is 14.3 Å². The van der Waals surface area contributed by atoms with Gasteiger partial charge >= 0.3 is 0 Å². The summed E-state index contributed by atoms with van der Waals surface area (Å²) in [7, 11) is 3.04. The lowest BCUT2D eigenvalue weighted by Crippen LogP contribution is -2.43. The predicted molar refractivity (Wildman–Crippen MR) is 73.8 cm³/mol. The third-order valence-corrected chi connectivity index (χ3v) is 3.55. The maximum Gasteiger partial charge on any atom is 0.258 e. The number of hydrogen-bond donors (Lipinski definition) is 0. The quantitative estimate of drug-likeness (QED) is 0.848. The molecule has 0 aliphatic carbocycles. The average molecular weight is 274 g/mol. The molecule has 5 heteroatoms. The van der Waals surface area contributed by atoms with Gasteiger partial charge in [-0.1, -0.05) is 6.07 Å². The minimum atomic E-state index is -0.354. The van der Waals surface area contributed by atoms with Crippen LogP contribution in [0.2, 0.25) is 0 Å². The summed E-state index contributed by atoms with van der Waals surface area (Å²) >= 11 is 0. The van der Waals surface area contributed by atoms with E-state index in [1.165, 1.54) is 14.2 Å². The Balaban J connectivity index is 2.35. The Hall–Kier alpha value is -2.22. The van der Waals surface area contributed by atoms with Crippen molar-refractivity contribution in [3.63, 3.8) is 0 Å². The summed E-state index contributed by atoms with van der Waals surface area (Å²) in [4.78, 5) is 14.3. The Morgan fingerprint density at radius 3 is 2.80 bits per heavy atom. The van der Waals surface area contributed by atoms with Gasteiger partial charge in [0, 0.05) is 6.54 Å². The van der Waals surface area contributed by atoms with Crippen molar-refractivity contribution in [1.82, 2.24) is 4.90 Å². The van der Waals surface area contributed by atoms with E-state index in [9.17, 15) is 10.1 Å². The lowest BCUT2D eigenvalue weighted by Gasteiger charge is -2.31. The molecular weight excluding hydrogens is 256 g/mol. The van der Waals surface area contributed by atoms with Crippen LogP contribution in [0.5, 0.6) is 11.5 Å². The Morgan fingerprint density at radius 2 is 2.15 bits per heavy atom. The smallest absolute Gasteiger partial charge is 0.258 e. The van der Waals surface area contributed by atoms with Gasteiger partial charge in [-0.15, -0.1) is 0 Å². The largest absolute Gasteiger partial charge is 0.493 e. The molecule has 1 atom stereocenters. The van der Waals surface area contributed by atoms with Crippen LogP contribution in [0.3, 0.4) is 0 Å². The van der Waals surface area contributed by atoms with E-state index in [0.717, 1.165) is 19.3 Å². The molecule has 1 aliphatic heterocycles. The van der Waals surface area contributed by atoms with E-state index in [1.807, 2.05) is 0 Å². The van der Waals surface area contributed by atoms with Gasteiger partial charge < -0.3 is 14.4 Å². The first-order valence-electron chi connectivity index (χ1n) is 6.64. The molecule has 0 bridgehead atoms. The molecule has 1 unspecified atom stereocenters. The van der Waals surface area contributed by atoms with Gasteiger partial charge in [0.05, 0.1) is 25.9 Å². The summed E-state index contributed by atoms with van der Waals surface area (Å²) in [6.45, 7) is 0.609. The number of carbonyl (C=O) groups excluding carboxylic acids is 1. The van der Waals surface area contributed by atoms with Crippen LogP contribution in [-0.4, -0.2) is 37.6 Å². The van der Waals surface area contributed by atoms with Crippen molar-refractivity contribution in [2.75, 3.05) is 20.8 Å². The summed E-state index contributed by atoms with van der Waals surface area (Å²) in [5.74, 6) is 0.762. The third kappa shape index (κ3) is 2.55. The molecule has 2 rings (SSSR count). The Bertz CT molecular complexity index is 536. The van der Waals surface area contributed by atoms with Crippen molar-refractivity contribution in [3.8, 4) is 17.6 Å². The summed E-state index contributed by atoms with van der Waals surface area (Å²) in [6, 6.07) is 7.04. The Kier molecular flexibility index (Phi) is 4.46. The highest BCUT2D eigenvalue weighted by atomic mass is 16.5. The maximum atomic E-state index is 12.7. The second-order valence-electron chi connectivity index (χ2n) is 4.68. The lowest BCUT2D eigenvalue weighted by atomic mass is 10.0. The van der Waals surface area contributed by atoms with Gasteiger partial charge in [-0.2, -0.15) is 5.26 Å². The van der Waals surface area contributed by atoms with Gasteiger partial charge in [0.2, 0.25) is 0 Å². The Labute approximate surface area is 118 Å². The van der Waals surface area contributed by atoms with Gasteiger partial charge in [0.25, 0.3) is 5.91 Å². The van der Waals surface area contributed by atoms with Gasteiger partial charge in [0.15, 0.2) is 11.5 Å². The monoisotopic (exact) mass is 274 g/mol. The molecule has 1 saturated heterocycles. The molecule has 1 amide bonds. The molecule has 20 heavy (non-hydrogen) atoms. The van der Waals surface area contributed by atoms with E-state index in [4.69, 9.17) is 9.47 Å². The van der Waals surface area contributed by atoms with Crippen LogP contribution < -0.4 is 9.47 Å². The van der Waals surface area contributed by atoms with E-state index < -0.39 is 0 Å². The van der Waals surface area contributed by atoms with E-state index in [0.29, 0.717) is 23.6 Å². The number of ether oxygens (including phenoxy) is 2. The number of hydrogen-bond acceptors (Lipinski definition) is 4. The zero-order chi connectivity index (χ0) is 14.5. The number of likely N-dealkylation sites (tertiary alicyclic amines) is 1. The molecular formula is C15H18N2O3. The highest BCUT2D eigenvalue weighted by molar-refractivity contribution is 5.98. The first-order valence-corrected chi connectivity index (χ1v) is 6.64. The fourth-order valence-corrected chi connectivity index (χ4v) is 2.52. The predicted octanol–water partition coefficient (Wildman–Crippen LogP) is 2.22. The zero-order valence-electron chi connectivity index (χ0n) is 11.8. The van der Waals surface area contributed by atoms with Gasteiger partial charge in [-0.05, 0) is 31.4 Å². The second-order valence-corrected chi connectivity index (χ2v) is 4.68. The van der Waals surface area contributed by atoms with Crippen molar-refractivity contribution >= 4 is 5.91 Å². The molecule has 106 valence electrons. The van der Waals surface area contributed by atoms with Gasteiger partial charge in [0.1, 0.15) is 6.04 Å². The molecule has 1 heterocycles. The van der Waals surface area contributed by atoms with Crippen LogP contribution in [0.25, 0.3) is 0 Å². The number of carbonyl (C=O) groups is 1. The number of para-hydroxylation sites is 1. The minimum absolute atomic E-state index is 0.174. The molecule has 0 saturated carbocycles. The average Bonchev–Trinajstić information content (AvgIpc) is 2.53.